The molecule has 0 radical (unpaired) electrons. The molecule has 114 valence electrons. The quantitative estimate of drug-likeness (QED) is 0.670. The van der Waals surface area contributed by atoms with Crippen LogP contribution in [0.2, 0.25) is 5.02 Å². The molecule has 1 aliphatic carbocycles. The molecule has 2 fully saturated rings. The highest BCUT2D eigenvalue weighted by molar-refractivity contribution is 6.33. The minimum atomic E-state index is -0.401. The summed E-state index contributed by atoms with van der Waals surface area (Å²) in [7, 11) is 0. The number of nitrogens with zero attached hydrogens (tertiary/aromatic N) is 2. The smallest absolute Gasteiger partial charge is 0.271 e. The predicted octanol–water partition coefficient (Wildman–Crippen LogP) is 3.22. The van der Waals surface area contributed by atoms with Crippen LogP contribution >= 0.6 is 11.6 Å². The monoisotopic (exact) mass is 309 g/mol. The van der Waals surface area contributed by atoms with Crippen molar-refractivity contribution >= 4 is 23.0 Å². The maximum absolute atomic E-state index is 10.8. The standard InChI is InChI=1S/C15H20ClN3O2/c16-14-8-13(19(20)21)5-6-15(14)18(12-3-4-12)10-11-2-1-7-17-9-11/h5-6,8,11-12,17H,1-4,7,9-10H2. The molecule has 1 aromatic carbocycles. The van der Waals surface area contributed by atoms with E-state index in [1.54, 1.807) is 12.1 Å². The van der Waals surface area contributed by atoms with Crippen LogP contribution in [0.15, 0.2) is 18.2 Å². The summed E-state index contributed by atoms with van der Waals surface area (Å²) in [6.45, 7) is 3.14. The lowest BCUT2D eigenvalue weighted by Gasteiger charge is -2.32. The number of piperidine rings is 1. The molecular formula is C15H20ClN3O2. The Bertz CT molecular complexity index is 528. The third-order valence-corrected chi connectivity index (χ3v) is 4.60. The molecular weight excluding hydrogens is 290 g/mol. The Balaban J connectivity index is 1.78. The third-order valence-electron chi connectivity index (χ3n) is 4.29. The second-order valence-corrected chi connectivity index (χ2v) is 6.40. The molecule has 0 spiro atoms. The van der Waals surface area contributed by atoms with Gasteiger partial charge in [0, 0.05) is 24.7 Å². The Morgan fingerprint density at radius 1 is 1.38 bits per heavy atom. The molecule has 1 N–H and O–H groups in total. The normalized spacial score (nSPS) is 22.0. The number of rotatable bonds is 5. The van der Waals surface area contributed by atoms with Crippen LogP contribution in [0.25, 0.3) is 0 Å². The molecule has 1 saturated carbocycles. The van der Waals surface area contributed by atoms with E-state index in [1.165, 1.54) is 31.7 Å². The number of nitrogens with one attached hydrogen (secondary N) is 1. The zero-order valence-electron chi connectivity index (χ0n) is 11.9. The molecule has 1 saturated heterocycles. The van der Waals surface area contributed by atoms with E-state index in [0.717, 1.165) is 25.3 Å². The van der Waals surface area contributed by atoms with Crippen molar-refractivity contribution in [2.45, 2.75) is 31.7 Å². The van der Waals surface area contributed by atoms with E-state index < -0.39 is 4.92 Å². The Morgan fingerprint density at radius 3 is 2.76 bits per heavy atom. The predicted molar refractivity (Wildman–Crippen MR) is 84.1 cm³/mol. The molecule has 0 bridgehead atoms. The van der Waals surface area contributed by atoms with Crippen LogP contribution in [0, 0.1) is 16.0 Å². The zero-order chi connectivity index (χ0) is 14.8. The first-order valence-electron chi connectivity index (χ1n) is 7.56. The van der Waals surface area contributed by atoms with Crippen LogP contribution in [0.4, 0.5) is 11.4 Å². The fourth-order valence-electron chi connectivity index (χ4n) is 3.03. The first-order chi connectivity index (χ1) is 10.1. The van der Waals surface area contributed by atoms with E-state index in [4.69, 9.17) is 11.6 Å². The first kappa shape index (κ1) is 14.6. The molecule has 1 unspecified atom stereocenters. The first-order valence-corrected chi connectivity index (χ1v) is 7.94. The molecule has 2 aliphatic rings. The Labute approximate surface area is 129 Å². The van der Waals surface area contributed by atoms with Crippen LogP contribution in [0.5, 0.6) is 0 Å². The van der Waals surface area contributed by atoms with Crippen LogP contribution < -0.4 is 10.2 Å². The maximum Gasteiger partial charge on any atom is 0.271 e. The number of non-ortho nitro benzene ring substituents is 1. The summed E-state index contributed by atoms with van der Waals surface area (Å²) in [5, 5.41) is 14.7. The molecule has 1 aromatic rings. The van der Waals surface area contributed by atoms with Crippen molar-refractivity contribution < 1.29 is 4.92 Å². The summed E-state index contributed by atoms with van der Waals surface area (Å²) in [6, 6.07) is 5.36. The SMILES string of the molecule is O=[N+]([O-])c1ccc(N(CC2CCCNC2)C2CC2)c(Cl)c1. The van der Waals surface area contributed by atoms with Crippen molar-refractivity contribution in [3.8, 4) is 0 Å². The van der Waals surface area contributed by atoms with Gasteiger partial charge < -0.3 is 10.2 Å². The van der Waals surface area contributed by atoms with E-state index in [0.29, 0.717) is 17.0 Å². The van der Waals surface area contributed by atoms with Gasteiger partial charge in [0.1, 0.15) is 0 Å². The van der Waals surface area contributed by atoms with E-state index in [2.05, 4.69) is 10.2 Å². The summed E-state index contributed by atoms with van der Waals surface area (Å²) >= 11 is 6.30. The highest BCUT2D eigenvalue weighted by Gasteiger charge is 2.32. The van der Waals surface area contributed by atoms with E-state index in [1.807, 2.05) is 0 Å². The molecule has 1 heterocycles. The van der Waals surface area contributed by atoms with Gasteiger partial charge in [0.2, 0.25) is 0 Å². The van der Waals surface area contributed by atoms with Crippen LogP contribution in [0.3, 0.4) is 0 Å². The minimum absolute atomic E-state index is 0.0545. The summed E-state index contributed by atoms with van der Waals surface area (Å²) < 4.78 is 0. The van der Waals surface area contributed by atoms with Gasteiger partial charge in [-0.1, -0.05) is 11.6 Å². The van der Waals surface area contributed by atoms with Gasteiger partial charge in [-0.3, -0.25) is 10.1 Å². The molecule has 5 nitrogen and oxygen atoms in total. The second kappa shape index (κ2) is 6.20. The molecule has 21 heavy (non-hydrogen) atoms. The highest BCUT2D eigenvalue weighted by atomic mass is 35.5. The van der Waals surface area contributed by atoms with Gasteiger partial charge >= 0.3 is 0 Å². The van der Waals surface area contributed by atoms with E-state index in [-0.39, 0.29) is 5.69 Å². The molecule has 0 amide bonds. The molecule has 1 aliphatic heterocycles. The van der Waals surface area contributed by atoms with Gasteiger partial charge in [-0.15, -0.1) is 0 Å². The number of halogens is 1. The number of anilines is 1. The highest BCUT2D eigenvalue weighted by Crippen LogP contribution is 2.38. The van der Waals surface area contributed by atoms with Crippen molar-refractivity contribution in [3.05, 3.63) is 33.3 Å². The van der Waals surface area contributed by atoms with Gasteiger partial charge in [0.15, 0.2) is 0 Å². The Morgan fingerprint density at radius 2 is 2.19 bits per heavy atom. The summed E-state index contributed by atoms with van der Waals surface area (Å²) in [4.78, 5) is 12.8. The Kier molecular flexibility index (Phi) is 4.31. The van der Waals surface area contributed by atoms with Crippen LogP contribution in [-0.4, -0.2) is 30.6 Å². The largest absolute Gasteiger partial charge is 0.367 e. The number of hydrogen-bond acceptors (Lipinski definition) is 4. The van der Waals surface area contributed by atoms with Gasteiger partial charge in [-0.25, -0.2) is 0 Å². The molecule has 3 rings (SSSR count). The van der Waals surface area contributed by atoms with E-state index >= 15 is 0 Å². The number of benzene rings is 1. The number of hydrogen-bond donors (Lipinski definition) is 1. The van der Waals surface area contributed by atoms with E-state index in [9.17, 15) is 10.1 Å². The number of nitro benzene ring substituents is 1. The van der Waals surface area contributed by atoms with Crippen molar-refractivity contribution in [2.75, 3.05) is 24.5 Å². The van der Waals surface area contributed by atoms with Gasteiger partial charge in [0.05, 0.1) is 15.6 Å². The lowest BCUT2D eigenvalue weighted by Crippen LogP contribution is -2.39. The Hall–Kier alpha value is -1.33. The van der Waals surface area contributed by atoms with Crippen molar-refractivity contribution in [3.63, 3.8) is 0 Å². The zero-order valence-corrected chi connectivity index (χ0v) is 12.7. The summed E-state index contributed by atoms with van der Waals surface area (Å²) in [5.41, 5.74) is 0.995. The average Bonchev–Trinajstić information content (AvgIpc) is 3.31. The fraction of sp³-hybridized carbons (Fsp3) is 0.600. The maximum atomic E-state index is 10.8. The van der Waals surface area contributed by atoms with Gasteiger partial charge in [-0.2, -0.15) is 0 Å². The average molecular weight is 310 g/mol. The lowest BCUT2D eigenvalue weighted by atomic mass is 9.98. The van der Waals surface area contributed by atoms with Crippen molar-refractivity contribution in [1.82, 2.24) is 5.32 Å². The van der Waals surface area contributed by atoms with Crippen LogP contribution in [0.1, 0.15) is 25.7 Å². The summed E-state index contributed by atoms with van der Waals surface area (Å²) in [6.07, 6.45) is 4.83. The second-order valence-electron chi connectivity index (χ2n) is 5.99. The molecule has 6 heteroatoms. The number of nitro groups is 1. The topological polar surface area (TPSA) is 58.4 Å². The third kappa shape index (κ3) is 3.47. The lowest BCUT2D eigenvalue weighted by molar-refractivity contribution is -0.384. The molecule has 1 atom stereocenters. The van der Waals surface area contributed by atoms with Gasteiger partial charge in [-0.05, 0) is 50.8 Å². The van der Waals surface area contributed by atoms with Crippen molar-refractivity contribution in [2.24, 2.45) is 5.92 Å². The minimum Gasteiger partial charge on any atom is -0.367 e. The molecule has 0 aromatic heterocycles. The summed E-state index contributed by atoms with van der Waals surface area (Å²) in [5.74, 6) is 0.630. The van der Waals surface area contributed by atoms with Crippen LogP contribution in [-0.2, 0) is 0 Å². The van der Waals surface area contributed by atoms with Gasteiger partial charge in [0.25, 0.3) is 5.69 Å². The van der Waals surface area contributed by atoms with Crippen molar-refractivity contribution in [1.29, 1.82) is 0 Å². The fourth-order valence-corrected chi connectivity index (χ4v) is 3.31.